The minimum absolute atomic E-state index is 0.0865. The molecule has 3 aromatic rings. The van der Waals surface area contributed by atoms with Crippen LogP contribution in [0.3, 0.4) is 0 Å². The second-order valence-electron chi connectivity index (χ2n) is 11.5. The molecule has 0 radical (unpaired) electrons. The Morgan fingerprint density at radius 3 is 2.54 bits per heavy atom. The van der Waals surface area contributed by atoms with Crippen LogP contribution in [0.1, 0.15) is 59.2 Å². The first-order valence-electron chi connectivity index (χ1n) is 13.9. The van der Waals surface area contributed by atoms with Crippen LogP contribution in [-0.2, 0) is 6.61 Å². The highest BCUT2D eigenvalue weighted by atomic mass is 32.1. The van der Waals surface area contributed by atoms with E-state index in [1.165, 1.54) is 24.2 Å². The summed E-state index contributed by atoms with van der Waals surface area (Å²) >= 11 is 1.71. The van der Waals surface area contributed by atoms with Gasteiger partial charge in [-0.3, -0.25) is 4.79 Å². The number of aromatic nitrogens is 1. The summed E-state index contributed by atoms with van der Waals surface area (Å²) in [5.74, 6) is -0.462. The van der Waals surface area contributed by atoms with Crippen molar-refractivity contribution in [1.29, 1.82) is 0 Å². The van der Waals surface area contributed by atoms with Crippen LogP contribution >= 0.6 is 11.3 Å². The predicted octanol–water partition coefficient (Wildman–Crippen LogP) is 7.11. The van der Waals surface area contributed by atoms with E-state index in [-0.39, 0.29) is 31.8 Å². The number of fused-ring (bicyclic) bond motifs is 2. The molecule has 0 spiro atoms. The molecule has 6 rings (SSSR count). The molecule has 2 saturated heterocycles. The van der Waals surface area contributed by atoms with Crippen molar-refractivity contribution >= 4 is 22.4 Å². The Balaban J connectivity index is 1.15. The molecule has 1 aliphatic carbocycles. The predicted molar refractivity (Wildman–Crippen MR) is 151 cm³/mol. The molecule has 2 atom stereocenters. The van der Waals surface area contributed by atoms with Crippen LogP contribution in [0.25, 0.3) is 11.3 Å². The topological polar surface area (TPSA) is 45.7 Å². The molecule has 0 unspecified atom stereocenters. The van der Waals surface area contributed by atoms with Crippen LogP contribution in [0, 0.1) is 25.7 Å². The van der Waals surface area contributed by atoms with Gasteiger partial charge in [0.1, 0.15) is 12.4 Å². The first-order valence-corrected chi connectivity index (χ1v) is 14.8. The normalized spacial score (nSPS) is 22.3. The number of amides is 1. The number of benzene rings is 2. The molecule has 3 aliphatic rings. The number of hydrogen-bond acceptors (Lipinski definition) is 5. The zero-order valence-electron chi connectivity index (χ0n) is 22.6. The SMILES string of the molecule is Cc1ccc(OCc2ccc(C(=O)N3CCC(F)(F)CC3)cc2C)c(-c2csc(N3C[C@@H]4CC[C@@H](C4)C3)n2)c1. The lowest BCUT2D eigenvalue weighted by Gasteiger charge is -2.31. The van der Waals surface area contributed by atoms with Gasteiger partial charge >= 0.3 is 0 Å². The molecule has 1 amide bonds. The number of hydrogen-bond donors (Lipinski definition) is 0. The molecule has 1 saturated carbocycles. The van der Waals surface area contributed by atoms with Crippen molar-refractivity contribution in [3.05, 3.63) is 64.0 Å². The van der Waals surface area contributed by atoms with E-state index < -0.39 is 5.92 Å². The second kappa shape index (κ2) is 10.5. The average Bonchev–Trinajstić information content (AvgIpc) is 3.54. The third kappa shape index (κ3) is 5.67. The lowest BCUT2D eigenvalue weighted by molar-refractivity contribution is -0.0494. The number of alkyl halides is 2. The Kier molecular flexibility index (Phi) is 7.08. The zero-order chi connectivity index (χ0) is 27.1. The zero-order valence-corrected chi connectivity index (χ0v) is 23.4. The number of carbonyl (C=O) groups is 1. The van der Waals surface area contributed by atoms with Gasteiger partial charge in [-0.1, -0.05) is 17.7 Å². The van der Waals surface area contributed by atoms with E-state index in [2.05, 4.69) is 23.3 Å². The summed E-state index contributed by atoms with van der Waals surface area (Å²) in [5.41, 5.74) is 5.52. The number of thiazole rings is 1. The second-order valence-corrected chi connectivity index (χ2v) is 12.4. The van der Waals surface area contributed by atoms with Gasteiger partial charge in [0, 0.05) is 55.5 Å². The summed E-state index contributed by atoms with van der Waals surface area (Å²) < 4.78 is 33.3. The fraction of sp³-hybridized carbons (Fsp3) is 0.484. The van der Waals surface area contributed by atoms with Crippen molar-refractivity contribution in [2.75, 3.05) is 31.1 Å². The van der Waals surface area contributed by atoms with Crippen molar-refractivity contribution in [2.24, 2.45) is 11.8 Å². The van der Waals surface area contributed by atoms with Gasteiger partial charge < -0.3 is 14.5 Å². The summed E-state index contributed by atoms with van der Waals surface area (Å²) in [6, 6.07) is 11.7. The van der Waals surface area contributed by atoms with E-state index in [0.717, 1.165) is 63.8 Å². The van der Waals surface area contributed by atoms with Crippen LogP contribution < -0.4 is 9.64 Å². The number of anilines is 1. The maximum Gasteiger partial charge on any atom is 0.253 e. The number of piperidine rings is 2. The van der Waals surface area contributed by atoms with E-state index in [0.29, 0.717) is 12.2 Å². The third-order valence-electron chi connectivity index (χ3n) is 8.54. The van der Waals surface area contributed by atoms with Gasteiger partial charge in [-0.05, 0) is 80.3 Å². The monoisotopic (exact) mass is 551 g/mol. The van der Waals surface area contributed by atoms with Crippen molar-refractivity contribution in [3.8, 4) is 17.0 Å². The van der Waals surface area contributed by atoms with Crippen molar-refractivity contribution in [1.82, 2.24) is 9.88 Å². The molecule has 8 heteroatoms. The lowest BCUT2D eigenvalue weighted by Crippen LogP contribution is -2.42. The Bertz CT molecular complexity index is 1350. The van der Waals surface area contributed by atoms with Gasteiger partial charge in [0.25, 0.3) is 11.8 Å². The summed E-state index contributed by atoms with van der Waals surface area (Å²) in [5, 5.41) is 3.23. The molecule has 206 valence electrons. The minimum Gasteiger partial charge on any atom is -0.488 e. The van der Waals surface area contributed by atoms with Gasteiger partial charge in [-0.25, -0.2) is 13.8 Å². The molecule has 5 nitrogen and oxygen atoms in total. The first-order chi connectivity index (χ1) is 18.7. The Morgan fingerprint density at radius 2 is 1.82 bits per heavy atom. The van der Waals surface area contributed by atoms with E-state index in [1.807, 2.05) is 31.2 Å². The van der Waals surface area contributed by atoms with Gasteiger partial charge in [0.05, 0.1) is 5.69 Å². The lowest BCUT2D eigenvalue weighted by atomic mass is 9.99. The molecule has 2 aliphatic heterocycles. The molecule has 2 bridgehead atoms. The molecular formula is C31H35F2N3O2S. The third-order valence-corrected chi connectivity index (χ3v) is 9.44. The minimum atomic E-state index is -2.67. The standard InChI is InChI=1S/C31H35F2N3O2S/c1-20-3-8-28(26(13-20)27-19-39-30(34-27)36-16-22-4-5-23(15-22)17-36)38-18-25-7-6-24(14-21(25)2)29(37)35-11-9-31(32,33)10-12-35/h3,6-8,13-14,19,22-23H,4-5,9-12,15-18H2,1-2H3/t22-,23+. The summed E-state index contributed by atoms with van der Waals surface area (Å²) in [6.45, 7) is 6.79. The van der Waals surface area contributed by atoms with Crippen LogP contribution in [0.4, 0.5) is 13.9 Å². The molecule has 3 fully saturated rings. The van der Waals surface area contributed by atoms with E-state index >= 15 is 0 Å². The van der Waals surface area contributed by atoms with Crippen LogP contribution in [0.15, 0.2) is 41.8 Å². The van der Waals surface area contributed by atoms with E-state index in [1.54, 1.807) is 17.4 Å². The van der Waals surface area contributed by atoms with Crippen molar-refractivity contribution < 1.29 is 18.3 Å². The quantitative estimate of drug-likeness (QED) is 0.327. The highest BCUT2D eigenvalue weighted by Crippen LogP contribution is 2.41. The van der Waals surface area contributed by atoms with Crippen LogP contribution in [0.2, 0.25) is 0 Å². The number of likely N-dealkylation sites (tertiary alicyclic amines) is 1. The number of aryl methyl sites for hydroxylation is 2. The van der Waals surface area contributed by atoms with Crippen molar-refractivity contribution in [2.45, 2.75) is 58.5 Å². The fourth-order valence-corrected chi connectivity index (χ4v) is 7.08. The number of halogens is 2. The number of carbonyl (C=O) groups excluding carboxylic acids is 1. The largest absolute Gasteiger partial charge is 0.488 e. The fourth-order valence-electron chi connectivity index (χ4n) is 6.23. The molecule has 2 aromatic carbocycles. The Labute approximate surface area is 232 Å². The summed E-state index contributed by atoms with van der Waals surface area (Å²) in [6.07, 6.45) is 3.52. The average molecular weight is 552 g/mol. The maximum absolute atomic E-state index is 13.5. The summed E-state index contributed by atoms with van der Waals surface area (Å²) in [7, 11) is 0. The Morgan fingerprint density at radius 1 is 1.08 bits per heavy atom. The maximum atomic E-state index is 13.5. The highest BCUT2D eigenvalue weighted by molar-refractivity contribution is 7.14. The molecular weight excluding hydrogens is 516 g/mol. The van der Waals surface area contributed by atoms with E-state index in [9.17, 15) is 13.6 Å². The number of nitrogens with zero attached hydrogens (tertiary/aromatic N) is 3. The molecule has 0 N–H and O–H groups in total. The van der Waals surface area contributed by atoms with Crippen molar-refractivity contribution in [3.63, 3.8) is 0 Å². The smallest absolute Gasteiger partial charge is 0.253 e. The number of rotatable bonds is 6. The Hall–Kier alpha value is -3.00. The van der Waals surface area contributed by atoms with Gasteiger partial charge in [0.15, 0.2) is 5.13 Å². The van der Waals surface area contributed by atoms with Crippen LogP contribution in [-0.4, -0.2) is 47.9 Å². The van der Waals surface area contributed by atoms with Gasteiger partial charge in [0.2, 0.25) is 0 Å². The molecule has 3 heterocycles. The first kappa shape index (κ1) is 26.2. The highest BCUT2D eigenvalue weighted by Gasteiger charge is 2.36. The van der Waals surface area contributed by atoms with Gasteiger partial charge in [-0.2, -0.15) is 0 Å². The van der Waals surface area contributed by atoms with Gasteiger partial charge in [-0.15, -0.1) is 11.3 Å². The van der Waals surface area contributed by atoms with E-state index in [4.69, 9.17) is 9.72 Å². The van der Waals surface area contributed by atoms with Crippen LogP contribution in [0.5, 0.6) is 5.75 Å². The number of ether oxygens (including phenoxy) is 1. The molecule has 39 heavy (non-hydrogen) atoms. The molecule has 1 aromatic heterocycles. The summed E-state index contributed by atoms with van der Waals surface area (Å²) in [4.78, 5) is 21.9.